The van der Waals surface area contributed by atoms with Crippen molar-refractivity contribution >= 4 is 11.9 Å². The van der Waals surface area contributed by atoms with Crippen LogP contribution in [-0.2, 0) is 25.2 Å². The molecule has 1 fully saturated rings. The van der Waals surface area contributed by atoms with E-state index in [9.17, 15) is 38.1 Å². The Labute approximate surface area is 245 Å². The van der Waals surface area contributed by atoms with Gasteiger partial charge in [0.25, 0.3) is 0 Å². The predicted octanol–water partition coefficient (Wildman–Crippen LogP) is 4.85. The van der Waals surface area contributed by atoms with Crippen LogP contribution in [0.1, 0.15) is 58.4 Å². The van der Waals surface area contributed by atoms with Crippen LogP contribution in [-0.4, -0.2) is 65.4 Å². The van der Waals surface area contributed by atoms with Crippen LogP contribution in [0.15, 0.2) is 48.6 Å². The van der Waals surface area contributed by atoms with Crippen molar-refractivity contribution in [3.8, 4) is 5.75 Å². The Morgan fingerprint density at radius 3 is 2.48 bits per heavy atom. The lowest BCUT2D eigenvalue weighted by molar-refractivity contribution is -0.156. The lowest BCUT2D eigenvalue weighted by atomic mass is 9.87. The van der Waals surface area contributed by atoms with Crippen LogP contribution in [0.4, 0.5) is 13.2 Å². The number of hydrogen-bond donors (Lipinski definition) is 3. The number of halogens is 3. The molecule has 5 unspecified atom stereocenters. The van der Waals surface area contributed by atoms with Gasteiger partial charge in [-0.3, -0.25) is 9.59 Å². The molecular formula is C31H43F3O8. The van der Waals surface area contributed by atoms with E-state index in [1.165, 1.54) is 12.1 Å². The highest BCUT2D eigenvalue weighted by Gasteiger charge is 2.38. The topological polar surface area (TPSA) is 123 Å². The lowest BCUT2D eigenvalue weighted by Gasteiger charge is -2.22. The first-order valence-corrected chi connectivity index (χ1v) is 14.3. The third kappa shape index (κ3) is 11.8. The minimum absolute atomic E-state index is 0.0646. The summed E-state index contributed by atoms with van der Waals surface area (Å²) in [5.74, 6) is -2.46. The minimum atomic E-state index is -4.55. The zero-order valence-electron chi connectivity index (χ0n) is 24.3. The number of aliphatic hydroxyl groups is 3. The summed E-state index contributed by atoms with van der Waals surface area (Å²) in [4.78, 5) is 24.1. The van der Waals surface area contributed by atoms with Crippen LogP contribution >= 0.6 is 0 Å². The second-order valence-corrected chi connectivity index (χ2v) is 10.9. The van der Waals surface area contributed by atoms with Crippen molar-refractivity contribution in [2.45, 2.75) is 77.4 Å². The number of aliphatic hydroxyl groups excluding tert-OH is 3. The monoisotopic (exact) mass is 600 g/mol. The second-order valence-electron chi connectivity index (χ2n) is 10.9. The molecule has 0 amide bonds. The smallest absolute Gasteiger partial charge is 0.416 e. The summed E-state index contributed by atoms with van der Waals surface area (Å²) in [5.41, 5.74) is -0.884. The van der Waals surface area contributed by atoms with Gasteiger partial charge >= 0.3 is 18.1 Å². The van der Waals surface area contributed by atoms with Crippen molar-refractivity contribution < 1.29 is 52.3 Å². The van der Waals surface area contributed by atoms with E-state index in [-0.39, 0.29) is 42.2 Å². The number of hydrogen-bond acceptors (Lipinski definition) is 8. The second kappa shape index (κ2) is 17.3. The number of unbranched alkanes of at least 4 members (excludes halogenated alkanes) is 1. The van der Waals surface area contributed by atoms with Crippen LogP contribution in [0.2, 0.25) is 0 Å². The Morgan fingerprint density at radius 2 is 1.83 bits per heavy atom. The summed E-state index contributed by atoms with van der Waals surface area (Å²) >= 11 is 0. The van der Waals surface area contributed by atoms with Gasteiger partial charge in [0.15, 0.2) is 6.10 Å². The van der Waals surface area contributed by atoms with E-state index in [0.717, 1.165) is 12.1 Å². The molecule has 8 nitrogen and oxygen atoms in total. The molecule has 1 aliphatic carbocycles. The van der Waals surface area contributed by atoms with Crippen molar-refractivity contribution in [1.29, 1.82) is 0 Å². The quantitative estimate of drug-likeness (QED) is 0.140. The number of allylic oxidation sites excluding steroid dienone is 3. The lowest BCUT2D eigenvalue weighted by Crippen LogP contribution is -2.31. The van der Waals surface area contributed by atoms with Gasteiger partial charge in [0, 0.05) is 6.42 Å². The van der Waals surface area contributed by atoms with Crippen molar-refractivity contribution in [1.82, 2.24) is 0 Å². The van der Waals surface area contributed by atoms with Crippen LogP contribution < -0.4 is 4.74 Å². The van der Waals surface area contributed by atoms with E-state index < -0.39 is 49.0 Å². The van der Waals surface area contributed by atoms with Crippen LogP contribution in [0.3, 0.4) is 0 Å². The normalized spacial score (nSPS) is 21.9. The van der Waals surface area contributed by atoms with Crippen LogP contribution in [0.5, 0.6) is 5.75 Å². The number of benzene rings is 1. The fourth-order valence-electron chi connectivity index (χ4n) is 4.87. The Hall–Kier alpha value is -2.89. The Kier molecular flexibility index (Phi) is 14.5. The first kappa shape index (κ1) is 35.3. The molecule has 5 atom stereocenters. The fraction of sp³-hybridized carbons (Fsp3) is 0.613. The van der Waals surface area contributed by atoms with Gasteiger partial charge in [-0.2, -0.15) is 13.2 Å². The first-order valence-electron chi connectivity index (χ1n) is 14.3. The molecule has 3 N–H and O–H groups in total. The summed E-state index contributed by atoms with van der Waals surface area (Å²) in [5, 5.41) is 29.4. The van der Waals surface area contributed by atoms with Crippen molar-refractivity contribution in [2.75, 3.05) is 19.8 Å². The van der Waals surface area contributed by atoms with Gasteiger partial charge in [0.05, 0.1) is 31.0 Å². The number of alkyl halides is 3. The summed E-state index contributed by atoms with van der Waals surface area (Å²) in [6.07, 6.45) is 3.87. The average molecular weight is 601 g/mol. The molecule has 0 bridgehead atoms. The molecule has 1 aromatic carbocycles. The maximum Gasteiger partial charge on any atom is 0.416 e. The van der Waals surface area contributed by atoms with Gasteiger partial charge in [0.1, 0.15) is 18.3 Å². The van der Waals surface area contributed by atoms with Gasteiger partial charge in [-0.15, -0.1) is 0 Å². The summed E-state index contributed by atoms with van der Waals surface area (Å²) in [7, 11) is 0. The highest BCUT2D eigenvalue weighted by molar-refractivity contribution is 5.73. The highest BCUT2D eigenvalue weighted by atomic mass is 19.4. The summed E-state index contributed by atoms with van der Waals surface area (Å²) in [6.45, 7) is 4.01. The molecule has 0 aliphatic heterocycles. The van der Waals surface area contributed by atoms with Gasteiger partial charge in [0.2, 0.25) is 0 Å². The van der Waals surface area contributed by atoms with Crippen molar-refractivity contribution in [2.24, 2.45) is 23.7 Å². The molecule has 236 valence electrons. The zero-order chi connectivity index (χ0) is 31.3. The van der Waals surface area contributed by atoms with E-state index >= 15 is 0 Å². The molecular weight excluding hydrogens is 557 g/mol. The molecule has 0 radical (unpaired) electrons. The van der Waals surface area contributed by atoms with Gasteiger partial charge in [-0.1, -0.05) is 31.2 Å². The van der Waals surface area contributed by atoms with Crippen molar-refractivity contribution in [3.63, 3.8) is 0 Å². The molecule has 0 heterocycles. The van der Waals surface area contributed by atoms with Gasteiger partial charge in [-0.25, -0.2) is 0 Å². The maximum atomic E-state index is 13.1. The predicted molar refractivity (Wildman–Crippen MR) is 149 cm³/mol. The summed E-state index contributed by atoms with van der Waals surface area (Å²) < 4.78 is 55.4. The third-order valence-corrected chi connectivity index (χ3v) is 7.12. The Balaban J connectivity index is 2.08. The zero-order valence-corrected chi connectivity index (χ0v) is 24.3. The molecule has 1 aromatic rings. The highest BCUT2D eigenvalue weighted by Crippen LogP contribution is 2.40. The average Bonchev–Trinajstić information content (AvgIpc) is 3.19. The molecule has 2 rings (SSSR count). The minimum Gasteiger partial charge on any atom is -0.489 e. The standard InChI is InChI=1S/C31H43F3O8/c1-20(2)41-29(38)12-7-5-4-6-11-27-26(21(3)15-28(27)37)14-13-25(42-30(39)22(17-35)18-36)19-40-24-10-8-9-23(16-24)31(32,33)34/h4,6,8-10,13-14,16,20-22,25-28,35-37H,5,7,11-12,15,17-19H2,1-3H3. The Bertz CT molecular complexity index is 1040. The largest absolute Gasteiger partial charge is 0.489 e. The number of esters is 2. The van der Waals surface area contributed by atoms with E-state index in [0.29, 0.717) is 32.1 Å². The number of rotatable bonds is 16. The van der Waals surface area contributed by atoms with Crippen molar-refractivity contribution in [3.05, 3.63) is 54.1 Å². The van der Waals surface area contributed by atoms with E-state index in [2.05, 4.69) is 0 Å². The number of ether oxygens (including phenoxy) is 3. The number of carbonyl (C=O) groups excluding carboxylic acids is 2. The third-order valence-electron chi connectivity index (χ3n) is 7.12. The van der Waals surface area contributed by atoms with E-state index in [1.807, 2.05) is 25.2 Å². The first-order chi connectivity index (χ1) is 19.8. The molecule has 42 heavy (non-hydrogen) atoms. The Morgan fingerprint density at radius 1 is 1.12 bits per heavy atom. The van der Waals surface area contributed by atoms with Crippen LogP contribution in [0.25, 0.3) is 0 Å². The van der Waals surface area contributed by atoms with Crippen LogP contribution in [0, 0.1) is 23.7 Å². The van der Waals surface area contributed by atoms with E-state index in [1.54, 1.807) is 19.9 Å². The van der Waals surface area contributed by atoms with Gasteiger partial charge < -0.3 is 29.5 Å². The molecule has 1 saturated carbocycles. The van der Waals surface area contributed by atoms with E-state index in [4.69, 9.17) is 14.2 Å². The molecule has 0 spiro atoms. The number of carbonyl (C=O) groups is 2. The maximum absolute atomic E-state index is 13.1. The van der Waals surface area contributed by atoms with Gasteiger partial charge in [-0.05, 0) is 81.6 Å². The molecule has 11 heteroatoms. The molecule has 0 saturated heterocycles. The summed E-state index contributed by atoms with van der Waals surface area (Å²) in [6, 6.07) is 4.32. The molecule has 0 aromatic heterocycles. The fourth-order valence-corrected chi connectivity index (χ4v) is 4.87. The molecule has 1 aliphatic rings. The SMILES string of the molecule is CC(C)OC(=O)CCCC=CCC1C(O)CC(C)C1C=CC(COc1cccc(C(F)(F)F)c1)OC(=O)C(CO)CO.